The summed E-state index contributed by atoms with van der Waals surface area (Å²) < 4.78 is 42.9. The van der Waals surface area contributed by atoms with Gasteiger partial charge in [0.05, 0.1) is 18.8 Å². The molecule has 1 aromatic rings. The fourth-order valence-corrected chi connectivity index (χ4v) is 1.76. The molecule has 0 aliphatic carbocycles. The third-order valence-corrected chi connectivity index (χ3v) is 2.87. The van der Waals surface area contributed by atoms with E-state index in [4.69, 9.17) is 9.84 Å². The van der Waals surface area contributed by atoms with Crippen LogP contribution >= 0.6 is 0 Å². The fraction of sp³-hybridized carbons (Fsp3) is 0.571. The highest BCUT2D eigenvalue weighted by Gasteiger charge is 2.30. The first kappa shape index (κ1) is 16.9. The average Bonchev–Trinajstić information content (AvgIpc) is 2.41. The second kappa shape index (κ2) is 8.24. The smallest absolute Gasteiger partial charge is 0.394 e. The highest BCUT2D eigenvalue weighted by Crippen LogP contribution is 2.30. The monoisotopic (exact) mass is 291 g/mol. The highest BCUT2D eigenvalue weighted by molar-refractivity contribution is 5.27. The first-order valence-corrected chi connectivity index (χ1v) is 6.54. The summed E-state index contributed by atoms with van der Waals surface area (Å²) >= 11 is 0. The molecule has 1 atom stereocenters. The van der Waals surface area contributed by atoms with Crippen molar-refractivity contribution in [2.45, 2.75) is 25.6 Å². The van der Waals surface area contributed by atoms with E-state index in [1.165, 1.54) is 12.1 Å². The van der Waals surface area contributed by atoms with Gasteiger partial charge in [-0.1, -0.05) is 12.1 Å². The van der Waals surface area contributed by atoms with Gasteiger partial charge in [0.15, 0.2) is 0 Å². The summed E-state index contributed by atoms with van der Waals surface area (Å²) in [7, 11) is 0. The van der Waals surface area contributed by atoms with Crippen molar-refractivity contribution in [1.29, 1.82) is 0 Å². The molecule has 2 N–H and O–H groups in total. The van der Waals surface area contributed by atoms with Gasteiger partial charge in [-0.25, -0.2) is 0 Å². The van der Waals surface area contributed by atoms with Crippen molar-refractivity contribution < 1.29 is 23.0 Å². The van der Waals surface area contributed by atoms with Crippen LogP contribution in [0.5, 0.6) is 0 Å². The van der Waals surface area contributed by atoms with E-state index in [2.05, 4.69) is 5.32 Å². The van der Waals surface area contributed by atoms with E-state index in [0.717, 1.165) is 12.5 Å². The molecule has 3 nitrogen and oxygen atoms in total. The molecule has 20 heavy (non-hydrogen) atoms. The summed E-state index contributed by atoms with van der Waals surface area (Å²) in [5.74, 6) is 0. The number of aliphatic hydroxyl groups is 1. The topological polar surface area (TPSA) is 41.5 Å². The Labute approximate surface area is 116 Å². The predicted molar refractivity (Wildman–Crippen MR) is 70.4 cm³/mol. The maximum Gasteiger partial charge on any atom is 0.416 e. The lowest BCUT2D eigenvalue weighted by Gasteiger charge is -2.16. The van der Waals surface area contributed by atoms with Crippen molar-refractivity contribution in [1.82, 2.24) is 5.32 Å². The molecular formula is C14H20F3NO2. The molecule has 0 bridgehead atoms. The lowest BCUT2D eigenvalue weighted by atomic mass is 10.0. The van der Waals surface area contributed by atoms with Crippen molar-refractivity contribution >= 4 is 0 Å². The zero-order chi connectivity index (χ0) is 15.0. The van der Waals surface area contributed by atoms with E-state index in [1.54, 1.807) is 6.07 Å². The standard InChI is InChI=1S/C14H20F3NO2/c1-11(18-6-3-8-20-9-7-19)12-4-2-5-13(10-12)14(15,16)17/h2,4-5,10-11,18-19H,3,6-9H2,1H3. The maximum absolute atomic E-state index is 12.6. The van der Waals surface area contributed by atoms with Crippen LogP contribution in [-0.2, 0) is 10.9 Å². The Hall–Kier alpha value is -1.11. The van der Waals surface area contributed by atoms with Crippen molar-refractivity contribution in [3.05, 3.63) is 35.4 Å². The second-order valence-corrected chi connectivity index (χ2v) is 4.49. The minimum absolute atomic E-state index is 0.00589. The summed E-state index contributed by atoms with van der Waals surface area (Å²) in [5, 5.41) is 11.7. The van der Waals surface area contributed by atoms with Crippen LogP contribution < -0.4 is 5.32 Å². The normalized spacial score (nSPS) is 13.4. The summed E-state index contributed by atoms with van der Waals surface area (Å²) in [6.45, 7) is 3.28. The largest absolute Gasteiger partial charge is 0.416 e. The first-order valence-electron chi connectivity index (χ1n) is 6.54. The molecule has 0 heterocycles. The summed E-state index contributed by atoms with van der Waals surface area (Å²) in [6, 6.07) is 5.17. The number of ether oxygens (including phenoxy) is 1. The van der Waals surface area contributed by atoms with Gasteiger partial charge in [0, 0.05) is 12.6 Å². The van der Waals surface area contributed by atoms with Gasteiger partial charge in [0.2, 0.25) is 0 Å². The van der Waals surface area contributed by atoms with Crippen LogP contribution in [-0.4, -0.2) is 31.5 Å². The lowest BCUT2D eigenvalue weighted by molar-refractivity contribution is -0.137. The van der Waals surface area contributed by atoms with E-state index < -0.39 is 11.7 Å². The first-order chi connectivity index (χ1) is 9.45. The minimum atomic E-state index is -4.31. The van der Waals surface area contributed by atoms with Gasteiger partial charge in [0.25, 0.3) is 0 Å². The van der Waals surface area contributed by atoms with Crippen LogP contribution in [0.1, 0.15) is 30.5 Å². The third-order valence-electron chi connectivity index (χ3n) is 2.87. The zero-order valence-electron chi connectivity index (χ0n) is 11.4. The molecule has 1 rings (SSSR count). The molecule has 0 spiro atoms. The molecule has 1 unspecified atom stereocenters. The molecule has 0 aliphatic heterocycles. The van der Waals surface area contributed by atoms with Gasteiger partial charge >= 0.3 is 6.18 Å². The Bertz CT molecular complexity index is 396. The van der Waals surface area contributed by atoms with Crippen LogP contribution in [0.15, 0.2) is 24.3 Å². The van der Waals surface area contributed by atoms with Gasteiger partial charge in [0.1, 0.15) is 0 Å². The Morgan fingerprint density at radius 1 is 1.30 bits per heavy atom. The third kappa shape index (κ3) is 5.90. The number of alkyl halides is 3. The van der Waals surface area contributed by atoms with Gasteiger partial charge in [-0.3, -0.25) is 0 Å². The van der Waals surface area contributed by atoms with Gasteiger partial charge in [-0.15, -0.1) is 0 Å². The Kier molecular flexibility index (Phi) is 6.98. The van der Waals surface area contributed by atoms with Crippen LogP contribution in [0.3, 0.4) is 0 Å². The number of halogens is 3. The minimum Gasteiger partial charge on any atom is -0.394 e. The molecule has 114 valence electrons. The van der Waals surface area contributed by atoms with E-state index in [1.807, 2.05) is 6.92 Å². The Balaban J connectivity index is 2.41. The molecule has 6 heteroatoms. The van der Waals surface area contributed by atoms with Crippen LogP contribution in [0, 0.1) is 0 Å². The van der Waals surface area contributed by atoms with Crippen molar-refractivity contribution in [3.63, 3.8) is 0 Å². The number of rotatable bonds is 8. The zero-order valence-corrected chi connectivity index (χ0v) is 11.4. The van der Waals surface area contributed by atoms with Crippen molar-refractivity contribution in [2.24, 2.45) is 0 Å². The lowest BCUT2D eigenvalue weighted by Crippen LogP contribution is -2.21. The molecule has 0 amide bonds. The van der Waals surface area contributed by atoms with E-state index in [9.17, 15) is 13.2 Å². The Morgan fingerprint density at radius 2 is 2.05 bits per heavy atom. The second-order valence-electron chi connectivity index (χ2n) is 4.49. The molecule has 1 aromatic carbocycles. The van der Waals surface area contributed by atoms with Crippen molar-refractivity contribution in [2.75, 3.05) is 26.4 Å². The molecule has 0 fully saturated rings. The van der Waals surface area contributed by atoms with Gasteiger partial charge in [-0.2, -0.15) is 13.2 Å². The summed E-state index contributed by atoms with van der Waals surface area (Å²) in [5.41, 5.74) is -0.0222. The fourth-order valence-electron chi connectivity index (χ4n) is 1.76. The van der Waals surface area contributed by atoms with Crippen LogP contribution in [0.4, 0.5) is 13.2 Å². The number of aliphatic hydroxyl groups excluding tert-OH is 1. The number of nitrogens with one attached hydrogen (secondary N) is 1. The van der Waals surface area contributed by atoms with E-state index in [-0.39, 0.29) is 12.6 Å². The van der Waals surface area contributed by atoms with Crippen LogP contribution in [0.2, 0.25) is 0 Å². The van der Waals surface area contributed by atoms with Crippen LogP contribution in [0.25, 0.3) is 0 Å². The highest BCUT2D eigenvalue weighted by atomic mass is 19.4. The SMILES string of the molecule is CC(NCCCOCCO)c1cccc(C(F)(F)F)c1. The average molecular weight is 291 g/mol. The van der Waals surface area contributed by atoms with Crippen molar-refractivity contribution in [3.8, 4) is 0 Å². The maximum atomic E-state index is 12.6. The molecule has 0 radical (unpaired) electrons. The number of hydrogen-bond donors (Lipinski definition) is 2. The summed E-state index contributed by atoms with van der Waals surface area (Å²) in [6.07, 6.45) is -3.57. The van der Waals surface area contributed by atoms with Gasteiger partial charge < -0.3 is 15.2 Å². The molecule has 0 saturated heterocycles. The predicted octanol–water partition coefficient (Wildman–Crippen LogP) is 2.76. The number of benzene rings is 1. The molecule has 0 saturated carbocycles. The molecule has 0 aromatic heterocycles. The quantitative estimate of drug-likeness (QED) is 0.724. The van der Waals surface area contributed by atoms with E-state index >= 15 is 0 Å². The van der Waals surface area contributed by atoms with Gasteiger partial charge in [-0.05, 0) is 37.6 Å². The summed E-state index contributed by atoms with van der Waals surface area (Å²) in [4.78, 5) is 0. The number of hydrogen-bond acceptors (Lipinski definition) is 3. The van der Waals surface area contributed by atoms with E-state index in [0.29, 0.717) is 25.3 Å². The molecule has 0 aliphatic rings. The molecular weight excluding hydrogens is 271 g/mol. The Morgan fingerprint density at radius 3 is 2.70 bits per heavy atom.